The number of nitrogens with one attached hydrogen (secondary N) is 1. The smallest absolute Gasteiger partial charge is 0.331 e. The first-order chi connectivity index (χ1) is 3.27. The lowest BCUT2D eigenvalue weighted by Gasteiger charge is -1.92. The minimum atomic E-state index is -1.06. The van der Waals surface area contributed by atoms with E-state index in [0.717, 1.165) is 0 Å². The quantitative estimate of drug-likeness (QED) is 0.341. The monoisotopic (exact) mass is 101 g/mol. The van der Waals surface area contributed by atoms with E-state index in [1.165, 1.54) is 0 Å². The molecule has 0 saturated heterocycles. The fraction of sp³-hybridized carbons (Fsp3) is 0.500. The van der Waals surface area contributed by atoms with Gasteiger partial charge < -0.3 is 9.94 Å². The first-order valence-electron chi connectivity index (χ1n) is 1.56. The normalized spacial score (nSPS) is 8.57. The van der Waals surface area contributed by atoms with Gasteiger partial charge in [0.25, 0.3) is 0 Å². The molecule has 0 aromatic rings. The Kier molecular flexibility index (Phi) is 3.35. The Labute approximate surface area is 41.9 Å². The molecule has 0 fully saturated rings. The topological polar surface area (TPSA) is 58.6 Å². The summed E-state index contributed by atoms with van der Waals surface area (Å²) in [5.74, 6) is -1.06. The van der Waals surface area contributed by atoms with Gasteiger partial charge in [0.1, 0.15) is 0 Å². The Balaban J connectivity index is 2.82. The summed E-state index contributed by atoms with van der Waals surface area (Å²) in [6.07, 6.45) is 0. The highest BCUT2D eigenvalue weighted by Gasteiger charge is 1.90. The van der Waals surface area contributed by atoms with Gasteiger partial charge in [0.2, 0.25) is 7.98 Å². The molecule has 7 heavy (non-hydrogen) atoms. The molecule has 0 aliphatic rings. The van der Waals surface area contributed by atoms with E-state index < -0.39 is 12.6 Å². The van der Waals surface area contributed by atoms with Crippen molar-refractivity contribution < 1.29 is 14.7 Å². The van der Waals surface area contributed by atoms with Crippen LogP contribution < -0.4 is 5.39 Å². The minimum Gasteiger partial charge on any atom is -0.479 e. The van der Waals surface area contributed by atoms with Crippen molar-refractivity contribution in [1.29, 1.82) is 0 Å². The van der Waals surface area contributed by atoms with Gasteiger partial charge in [-0.15, -0.1) is 0 Å². The average Bonchev–Trinajstić information content (AvgIpc) is 1.61. The third kappa shape index (κ3) is 5.45. The summed E-state index contributed by atoms with van der Waals surface area (Å²) in [5.41, 5.74) is 0. The van der Waals surface area contributed by atoms with Crippen molar-refractivity contribution in [3.05, 3.63) is 0 Å². The lowest BCUT2D eigenvalue weighted by Crippen LogP contribution is -2.16. The van der Waals surface area contributed by atoms with Crippen LogP contribution in [0, 0.1) is 0 Å². The van der Waals surface area contributed by atoms with Crippen LogP contribution in [0.2, 0.25) is 0 Å². The second-order valence-electron chi connectivity index (χ2n) is 0.800. The van der Waals surface area contributed by atoms with E-state index in [9.17, 15) is 4.79 Å². The first kappa shape index (κ1) is 6.45. The molecule has 4 nitrogen and oxygen atoms in total. The lowest BCUT2D eigenvalue weighted by molar-refractivity contribution is -0.143. The number of carbonyl (C=O) groups is 1. The van der Waals surface area contributed by atoms with E-state index in [-0.39, 0.29) is 0 Å². The van der Waals surface area contributed by atoms with Gasteiger partial charge in [-0.05, 0) is 0 Å². The number of aliphatic carboxylic acids is 1. The number of carboxylic acid groups (broad SMARTS) is 1. The Morgan fingerprint density at radius 2 is 2.57 bits per heavy atom. The zero-order valence-electron chi connectivity index (χ0n) is 3.55. The molecule has 0 aromatic heterocycles. The van der Waals surface area contributed by atoms with Gasteiger partial charge in [0.15, 0.2) is 6.61 Å². The van der Waals surface area contributed by atoms with Crippen LogP contribution in [0.3, 0.4) is 0 Å². The van der Waals surface area contributed by atoms with Gasteiger partial charge in [-0.3, -0.25) is 5.39 Å². The molecule has 0 bridgehead atoms. The molecule has 0 saturated carbocycles. The molecule has 0 atom stereocenters. The van der Waals surface area contributed by atoms with E-state index in [1.807, 2.05) is 0 Å². The Morgan fingerprint density at radius 1 is 2.00 bits per heavy atom. The average molecular weight is 101 g/mol. The number of hydrogen-bond donors (Lipinski definition) is 2. The molecule has 0 amide bonds. The van der Waals surface area contributed by atoms with E-state index in [4.69, 9.17) is 5.11 Å². The summed E-state index contributed by atoms with van der Waals surface area (Å²) < 4.78 is 0. The van der Waals surface area contributed by atoms with Gasteiger partial charge in [0, 0.05) is 0 Å². The summed E-state index contributed by atoms with van der Waals surface area (Å²) in [4.78, 5) is 13.6. The highest BCUT2D eigenvalue weighted by molar-refractivity contribution is 6.03. The molecule has 0 spiro atoms. The van der Waals surface area contributed by atoms with Crippen molar-refractivity contribution >= 4 is 14.0 Å². The predicted octanol–water partition coefficient (Wildman–Crippen LogP) is -1.32. The molecule has 0 aliphatic carbocycles. The summed E-state index contributed by atoms with van der Waals surface area (Å²) in [5, 5.41) is 9.54. The number of carboxylic acids is 1. The van der Waals surface area contributed by atoms with Gasteiger partial charge >= 0.3 is 5.97 Å². The molecule has 38 valence electrons. The fourth-order valence-electron chi connectivity index (χ4n) is 0.103. The van der Waals surface area contributed by atoms with Crippen LogP contribution in [0.4, 0.5) is 0 Å². The summed E-state index contributed by atoms with van der Waals surface area (Å²) in [7, 11) is 4.54. The van der Waals surface area contributed by atoms with Crippen LogP contribution in [0.5, 0.6) is 0 Å². The van der Waals surface area contributed by atoms with Gasteiger partial charge in [-0.1, -0.05) is 0 Å². The summed E-state index contributed by atoms with van der Waals surface area (Å²) in [6, 6.07) is 0. The lowest BCUT2D eigenvalue weighted by atomic mass is 10.5. The Morgan fingerprint density at radius 3 is 2.71 bits per heavy atom. The van der Waals surface area contributed by atoms with Crippen LogP contribution in [0.25, 0.3) is 0 Å². The maximum Gasteiger partial charge on any atom is 0.331 e. The standard InChI is InChI=1S/C2H4BNO3/c3-4-7-1-2(5)6/h4H,1H2,(H,5,6). The van der Waals surface area contributed by atoms with Crippen LogP contribution in [0.1, 0.15) is 0 Å². The zero-order chi connectivity index (χ0) is 5.70. The van der Waals surface area contributed by atoms with Crippen molar-refractivity contribution in [2.75, 3.05) is 6.61 Å². The second-order valence-corrected chi connectivity index (χ2v) is 0.800. The van der Waals surface area contributed by atoms with Gasteiger partial charge in [-0.25, -0.2) is 4.79 Å². The molecule has 2 radical (unpaired) electrons. The summed E-state index contributed by atoms with van der Waals surface area (Å²) in [6.45, 7) is -0.420. The third-order valence-electron chi connectivity index (χ3n) is 0.279. The van der Waals surface area contributed by atoms with Gasteiger partial charge in [-0.2, -0.15) is 0 Å². The van der Waals surface area contributed by atoms with E-state index >= 15 is 0 Å². The number of rotatable bonds is 3. The molecule has 5 heteroatoms. The van der Waals surface area contributed by atoms with E-state index in [1.54, 1.807) is 5.39 Å². The number of hydrogen-bond acceptors (Lipinski definition) is 3. The Hall–Kier alpha value is -0.545. The highest BCUT2D eigenvalue weighted by atomic mass is 16.6. The van der Waals surface area contributed by atoms with Crippen LogP contribution in [0.15, 0.2) is 0 Å². The summed E-state index contributed by atoms with van der Waals surface area (Å²) >= 11 is 0. The largest absolute Gasteiger partial charge is 0.479 e. The highest BCUT2D eigenvalue weighted by Crippen LogP contribution is 1.61. The molecule has 0 heterocycles. The molecule has 2 N–H and O–H groups in total. The van der Waals surface area contributed by atoms with Crippen molar-refractivity contribution in [2.24, 2.45) is 0 Å². The van der Waals surface area contributed by atoms with E-state index in [0.29, 0.717) is 0 Å². The first-order valence-corrected chi connectivity index (χ1v) is 1.56. The van der Waals surface area contributed by atoms with Gasteiger partial charge in [0.05, 0.1) is 0 Å². The van der Waals surface area contributed by atoms with Crippen molar-refractivity contribution in [2.45, 2.75) is 0 Å². The second kappa shape index (κ2) is 3.64. The zero-order valence-corrected chi connectivity index (χ0v) is 3.55. The SMILES string of the molecule is [B]NOCC(=O)O. The molecule has 0 aromatic carbocycles. The molecule has 0 aliphatic heterocycles. The van der Waals surface area contributed by atoms with Crippen LogP contribution in [-0.2, 0) is 9.63 Å². The maximum atomic E-state index is 9.54. The Bertz CT molecular complexity index is 66.0. The van der Waals surface area contributed by atoms with Crippen molar-refractivity contribution in [1.82, 2.24) is 5.39 Å². The predicted molar refractivity (Wildman–Crippen MR) is 22.5 cm³/mol. The fourth-order valence-corrected chi connectivity index (χ4v) is 0.103. The van der Waals surface area contributed by atoms with Crippen LogP contribution >= 0.6 is 0 Å². The molecular formula is C2H4BNO3. The third-order valence-corrected chi connectivity index (χ3v) is 0.279. The van der Waals surface area contributed by atoms with Crippen molar-refractivity contribution in [3.63, 3.8) is 0 Å². The molecule has 0 unspecified atom stereocenters. The molecular weight excluding hydrogens is 96.8 g/mol. The maximum absolute atomic E-state index is 9.54. The van der Waals surface area contributed by atoms with Crippen molar-refractivity contribution in [3.8, 4) is 0 Å². The van der Waals surface area contributed by atoms with E-state index in [2.05, 4.69) is 12.8 Å². The van der Waals surface area contributed by atoms with Crippen LogP contribution in [-0.4, -0.2) is 25.7 Å². The minimum absolute atomic E-state index is 0.420. The molecule has 0 rings (SSSR count).